The quantitative estimate of drug-likeness (QED) is 0.885. The molecule has 0 spiro atoms. The van der Waals surface area contributed by atoms with Gasteiger partial charge in [-0.1, -0.05) is 12.1 Å². The Morgan fingerprint density at radius 2 is 1.95 bits per heavy atom. The molecule has 2 N–H and O–H groups in total. The number of amides is 1. The van der Waals surface area contributed by atoms with Crippen molar-refractivity contribution in [2.24, 2.45) is 0 Å². The van der Waals surface area contributed by atoms with Gasteiger partial charge in [0.25, 0.3) is 5.91 Å². The Morgan fingerprint density at radius 3 is 2.63 bits per heavy atom. The van der Waals surface area contributed by atoms with Crippen molar-refractivity contribution in [3.63, 3.8) is 0 Å². The minimum atomic E-state index is -0.379. The van der Waals surface area contributed by atoms with Crippen LogP contribution in [-0.4, -0.2) is 13.0 Å². The Kier molecular flexibility index (Phi) is 3.80. The number of rotatable bonds is 3. The number of anilines is 2. The molecule has 0 radical (unpaired) electrons. The summed E-state index contributed by atoms with van der Waals surface area (Å²) in [5, 5.41) is 5.65. The van der Waals surface area contributed by atoms with Crippen molar-refractivity contribution in [2.45, 2.75) is 6.92 Å². The zero-order chi connectivity index (χ0) is 13.8. The van der Waals surface area contributed by atoms with Crippen LogP contribution in [0, 0.1) is 12.7 Å². The van der Waals surface area contributed by atoms with Gasteiger partial charge >= 0.3 is 0 Å². The van der Waals surface area contributed by atoms with E-state index in [1.165, 1.54) is 12.1 Å². The first-order chi connectivity index (χ1) is 9.10. The SMILES string of the molecule is CNc1cc(C)ccc1C(=O)Nc1cccc(F)c1. The number of hydrogen-bond acceptors (Lipinski definition) is 2. The lowest BCUT2D eigenvalue weighted by molar-refractivity contribution is 0.102. The molecule has 0 heterocycles. The second-order valence-electron chi connectivity index (χ2n) is 4.26. The molecule has 19 heavy (non-hydrogen) atoms. The van der Waals surface area contributed by atoms with Crippen molar-refractivity contribution in [3.8, 4) is 0 Å². The smallest absolute Gasteiger partial charge is 0.257 e. The summed E-state index contributed by atoms with van der Waals surface area (Å²) in [6.07, 6.45) is 0. The van der Waals surface area contributed by atoms with Crippen LogP contribution in [0.5, 0.6) is 0 Å². The average molecular weight is 258 g/mol. The fraction of sp³-hybridized carbons (Fsp3) is 0.133. The van der Waals surface area contributed by atoms with Crippen molar-refractivity contribution >= 4 is 17.3 Å². The Morgan fingerprint density at radius 1 is 1.16 bits per heavy atom. The monoisotopic (exact) mass is 258 g/mol. The molecule has 3 nitrogen and oxygen atoms in total. The van der Waals surface area contributed by atoms with E-state index in [-0.39, 0.29) is 11.7 Å². The molecule has 2 aromatic carbocycles. The predicted octanol–water partition coefficient (Wildman–Crippen LogP) is 3.43. The molecule has 0 unspecified atom stereocenters. The first-order valence-electron chi connectivity index (χ1n) is 5.95. The van der Waals surface area contributed by atoms with E-state index in [1.54, 1.807) is 25.2 Å². The van der Waals surface area contributed by atoms with Crippen LogP contribution in [0.4, 0.5) is 15.8 Å². The minimum Gasteiger partial charge on any atom is -0.387 e. The molecule has 2 rings (SSSR count). The highest BCUT2D eigenvalue weighted by Crippen LogP contribution is 2.19. The van der Waals surface area contributed by atoms with Crippen LogP contribution in [0.3, 0.4) is 0 Å². The van der Waals surface area contributed by atoms with Crippen LogP contribution >= 0.6 is 0 Å². The third-order valence-electron chi connectivity index (χ3n) is 2.77. The van der Waals surface area contributed by atoms with Gasteiger partial charge in [-0.2, -0.15) is 0 Å². The second-order valence-corrected chi connectivity index (χ2v) is 4.26. The molecule has 0 aliphatic carbocycles. The summed E-state index contributed by atoms with van der Waals surface area (Å²) in [5.74, 6) is -0.648. The lowest BCUT2D eigenvalue weighted by Crippen LogP contribution is -2.14. The molecule has 0 bridgehead atoms. The third-order valence-corrected chi connectivity index (χ3v) is 2.77. The summed E-state index contributed by atoms with van der Waals surface area (Å²) in [6, 6.07) is 11.3. The van der Waals surface area contributed by atoms with Crippen LogP contribution in [-0.2, 0) is 0 Å². The maximum Gasteiger partial charge on any atom is 0.257 e. The predicted molar refractivity (Wildman–Crippen MR) is 75.1 cm³/mol. The third kappa shape index (κ3) is 3.10. The number of halogens is 1. The maximum atomic E-state index is 13.1. The van der Waals surface area contributed by atoms with Crippen LogP contribution in [0.1, 0.15) is 15.9 Å². The number of hydrogen-bond donors (Lipinski definition) is 2. The lowest BCUT2D eigenvalue weighted by atomic mass is 10.1. The molecule has 4 heteroatoms. The molecule has 0 saturated heterocycles. The fourth-order valence-corrected chi connectivity index (χ4v) is 1.83. The Hall–Kier alpha value is -2.36. The zero-order valence-corrected chi connectivity index (χ0v) is 10.8. The Bertz CT molecular complexity index is 611. The summed E-state index contributed by atoms with van der Waals surface area (Å²) < 4.78 is 13.1. The van der Waals surface area contributed by atoms with E-state index in [2.05, 4.69) is 10.6 Å². The highest BCUT2D eigenvalue weighted by Gasteiger charge is 2.11. The number of carbonyl (C=O) groups excluding carboxylic acids is 1. The number of carbonyl (C=O) groups is 1. The van der Waals surface area contributed by atoms with Crippen LogP contribution in [0.15, 0.2) is 42.5 Å². The molecule has 2 aromatic rings. The van der Waals surface area contributed by atoms with Crippen molar-refractivity contribution in [2.75, 3.05) is 17.7 Å². The van der Waals surface area contributed by atoms with E-state index in [0.717, 1.165) is 11.3 Å². The van der Waals surface area contributed by atoms with Gasteiger partial charge in [-0.3, -0.25) is 4.79 Å². The topological polar surface area (TPSA) is 41.1 Å². The molecule has 0 aliphatic heterocycles. The summed E-state index contributed by atoms with van der Waals surface area (Å²) in [5.41, 5.74) is 2.77. The largest absolute Gasteiger partial charge is 0.387 e. The lowest BCUT2D eigenvalue weighted by Gasteiger charge is -2.10. The van der Waals surface area contributed by atoms with Crippen molar-refractivity contribution in [1.82, 2.24) is 0 Å². The molecule has 0 fully saturated rings. The summed E-state index contributed by atoms with van der Waals surface area (Å²) in [6.45, 7) is 1.95. The molecule has 1 amide bonds. The first kappa shape index (κ1) is 13.1. The van der Waals surface area contributed by atoms with E-state index in [4.69, 9.17) is 0 Å². The van der Waals surface area contributed by atoms with E-state index in [9.17, 15) is 9.18 Å². The van der Waals surface area contributed by atoms with Crippen molar-refractivity contribution in [3.05, 3.63) is 59.4 Å². The molecule has 98 valence electrons. The van der Waals surface area contributed by atoms with E-state index in [1.807, 2.05) is 19.1 Å². The van der Waals surface area contributed by atoms with Gasteiger partial charge in [-0.15, -0.1) is 0 Å². The van der Waals surface area contributed by atoms with Gasteiger partial charge in [-0.25, -0.2) is 4.39 Å². The van der Waals surface area contributed by atoms with Gasteiger partial charge < -0.3 is 10.6 Å². The standard InChI is InChI=1S/C15H15FN2O/c1-10-6-7-13(14(8-10)17-2)15(19)18-12-5-3-4-11(16)9-12/h3-9,17H,1-2H3,(H,18,19). The van der Waals surface area contributed by atoms with Crippen molar-refractivity contribution < 1.29 is 9.18 Å². The highest BCUT2D eigenvalue weighted by molar-refractivity contribution is 6.08. The number of nitrogens with one attached hydrogen (secondary N) is 2. The highest BCUT2D eigenvalue weighted by atomic mass is 19.1. The number of benzene rings is 2. The normalized spacial score (nSPS) is 10.1. The molecular weight excluding hydrogens is 243 g/mol. The van der Waals surface area contributed by atoms with Crippen LogP contribution in [0.2, 0.25) is 0 Å². The summed E-state index contributed by atoms with van der Waals surface area (Å²) in [4.78, 5) is 12.1. The van der Waals surface area contributed by atoms with Gasteiger partial charge in [0.2, 0.25) is 0 Å². The molecule has 0 aliphatic rings. The van der Waals surface area contributed by atoms with E-state index in [0.29, 0.717) is 11.3 Å². The van der Waals surface area contributed by atoms with Crippen LogP contribution in [0.25, 0.3) is 0 Å². The molecular formula is C15H15FN2O. The van der Waals surface area contributed by atoms with E-state index >= 15 is 0 Å². The first-order valence-corrected chi connectivity index (χ1v) is 5.95. The molecule has 0 saturated carbocycles. The minimum absolute atomic E-state index is 0.269. The Balaban J connectivity index is 2.25. The second kappa shape index (κ2) is 5.52. The molecule has 0 atom stereocenters. The van der Waals surface area contributed by atoms with Gasteiger partial charge in [0.15, 0.2) is 0 Å². The van der Waals surface area contributed by atoms with Gasteiger partial charge in [0, 0.05) is 18.4 Å². The van der Waals surface area contributed by atoms with Gasteiger partial charge in [-0.05, 0) is 42.8 Å². The Labute approximate surface area is 111 Å². The summed E-state index contributed by atoms with van der Waals surface area (Å²) >= 11 is 0. The summed E-state index contributed by atoms with van der Waals surface area (Å²) in [7, 11) is 1.76. The fourth-order valence-electron chi connectivity index (χ4n) is 1.83. The van der Waals surface area contributed by atoms with Gasteiger partial charge in [0.1, 0.15) is 5.82 Å². The maximum absolute atomic E-state index is 13.1. The zero-order valence-electron chi connectivity index (χ0n) is 10.8. The molecule has 0 aromatic heterocycles. The van der Waals surface area contributed by atoms with Gasteiger partial charge in [0.05, 0.1) is 5.56 Å². The van der Waals surface area contributed by atoms with E-state index < -0.39 is 0 Å². The average Bonchev–Trinajstić information content (AvgIpc) is 2.38. The van der Waals surface area contributed by atoms with Crippen molar-refractivity contribution in [1.29, 1.82) is 0 Å². The van der Waals surface area contributed by atoms with Crippen LogP contribution < -0.4 is 10.6 Å². The number of aryl methyl sites for hydroxylation is 1.